The van der Waals surface area contributed by atoms with E-state index < -0.39 is 11.7 Å². The number of fused-ring (bicyclic) bond motifs is 1. The maximum atomic E-state index is 12.4. The minimum Gasteiger partial charge on any atom is -0.462 e. The van der Waals surface area contributed by atoms with Gasteiger partial charge < -0.3 is 9.72 Å². The number of nitrogens with one attached hydrogen (secondary N) is 1. The number of aromatic nitrogens is 2. The molecule has 1 heterocycles. The first-order chi connectivity index (χ1) is 12.5. The Bertz CT molecular complexity index is 1080. The SMILES string of the molecule is Cc1cccc(C(=O)OCCCn2c(=O)[nH]c3ccccc3c2=O)c1C. The van der Waals surface area contributed by atoms with Crippen molar-refractivity contribution in [1.29, 1.82) is 0 Å². The lowest BCUT2D eigenvalue weighted by atomic mass is 10.0. The lowest BCUT2D eigenvalue weighted by Gasteiger charge is -2.09. The summed E-state index contributed by atoms with van der Waals surface area (Å²) in [6.07, 6.45) is 0.373. The van der Waals surface area contributed by atoms with Crippen molar-refractivity contribution in [3.8, 4) is 0 Å². The Morgan fingerprint density at radius 2 is 1.85 bits per heavy atom. The molecule has 6 nitrogen and oxygen atoms in total. The summed E-state index contributed by atoms with van der Waals surface area (Å²) in [6, 6.07) is 12.3. The number of hydrogen-bond donors (Lipinski definition) is 1. The van der Waals surface area contributed by atoms with E-state index in [0.717, 1.165) is 15.7 Å². The van der Waals surface area contributed by atoms with Crippen molar-refractivity contribution >= 4 is 16.9 Å². The third-order valence-corrected chi connectivity index (χ3v) is 4.47. The summed E-state index contributed by atoms with van der Waals surface area (Å²) in [5.41, 5.74) is 2.15. The van der Waals surface area contributed by atoms with Crippen molar-refractivity contribution in [2.24, 2.45) is 0 Å². The van der Waals surface area contributed by atoms with Crippen molar-refractivity contribution in [3.05, 3.63) is 80.0 Å². The van der Waals surface area contributed by atoms with Gasteiger partial charge in [-0.2, -0.15) is 0 Å². The number of esters is 1. The van der Waals surface area contributed by atoms with E-state index in [1.54, 1.807) is 30.3 Å². The summed E-state index contributed by atoms with van der Waals surface area (Å²) in [4.78, 5) is 39.4. The highest BCUT2D eigenvalue weighted by atomic mass is 16.5. The lowest BCUT2D eigenvalue weighted by Crippen LogP contribution is -2.35. The Hall–Kier alpha value is -3.15. The first kappa shape index (κ1) is 17.7. The average molecular weight is 352 g/mol. The fourth-order valence-corrected chi connectivity index (χ4v) is 2.84. The van der Waals surface area contributed by atoms with Crippen LogP contribution in [0.4, 0.5) is 0 Å². The maximum absolute atomic E-state index is 12.4. The van der Waals surface area contributed by atoms with Crippen LogP contribution in [0.3, 0.4) is 0 Å². The first-order valence-corrected chi connectivity index (χ1v) is 8.44. The van der Waals surface area contributed by atoms with E-state index >= 15 is 0 Å². The van der Waals surface area contributed by atoms with Crippen LogP contribution in [0.5, 0.6) is 0 Å². The van der Waals surface area contributed by atoms with Gasteiger partial charge in [0.25, 0.3) is 5.56 Å². The zero-order chi connectivity index (χ0) is 18.7. The largest absolute Gasteiger partial charge is 0.462 e. The van der Waals surface area contributed by atoms with Crippen molar-refractivity contribution in [2.75, 3.05) is 6.61 Å². The van der Waals surface area contributed by atoms with Crippen LogP contribution in [0.1, 0.15) is 27.9 Å². The summed E-state index contributed by atoms with van der Waals surface area (Å²) >= 11 is 0. The molecule has 3 rings (SSSR count). The predicted octanol–water partition coefficient (Wildman–Crippen LogP) is 2.55. The average Bonchev–Trinajstić information content (AvgIpc) is 2.63. The molecule has 3 aromatic rings. The van der Waals surface area contributed by atoms with E-state index in [1.165, 1.54) is 0 Å². The second kappa shape index (κ2) is 7.39. The molecule has 0 spiro atoms. The quantitative estimate of drug-likeness (QED) is 0.565. The molecule has 0 saturated carbocycles. The minimum atomic E-state index is -0.463. The molecule has 0 unspecified atom stereocenters. The number of rotatable bonds is 5. The molecule has 0 atom stereocenters. The Kier molecular flexibility index (Phi) is 5.02. The predicted molar refractivity (Wildman–Crippen MR) is 99.6 cm³/mol. The van der Waals surface area contributed by atoms with E-state index in [1.807, 2.05) is 26.0 Å². The third-order valence-electron chi connectivity index (χ3n) is 4.47. The highest BCUT2D eigenvalue weighted by Gasteiger charge is 2.12. The molecule has 0 aliphatic rings. The fraction of sp³-hybridized carbons (Fsp3) is 0.250. The first-order valence-electron chi connectivity index (χ1n) is 8.44. The number of carbonyl (C=O) groups is 1. The summed E-state index contributed by atoms with van der Waals surface area (Å²) < 4.78 is 6.42. The monoisotopic (exact) mass is 352 g/mol. The van der Waals surface area contributed by atoms with Crippen LogP contribution in [0.15, 0.2) is 52.1 Å². The number of para-hydroxylation sites is 1. The number of aromatic amines is 1. The van der Waals surface area contributed by atoms with Crippen LogP contribution in [0.2, 0.25) is 0 Å². The zero-order valence-electron chi connectivity index (χ0n) is 14.7. The Morgan fingerprint density at radius 3 is 2.65 bits per heavy atom. The lowest BCUT2D eigenvalue weighted by molar-refractivity contribution is 0.0494. The van der Waals surface area contributed by atoms with Crippen molar-refractivity contribution in [3.63, 3.8) is 0 Å². The number of hydrogen-bond acceptors (Lipinski definition) is 4. The van der Waals surface area contributed by atoms with Crippen LogP contribution in [-0.2, 0) is 11.3 Å². The third kappa shape index (κ3) is 3.44. The molecule has 1 aromatic heterocycles. The topological polar surface area (TPSA) is 81.2 Å². The number of benzene rings is 2. The van der Waals surface area contributed by atoms with E-state index in [4.69, 9.17) is 4.74 Å². The van der Waals surface area contributed by atoms with E-state index in [0.29, 0.717) is 22.9 Å². The van der Waals surface area contributed by atoms with Gasteiger partial charge in [-0.3, -0.25) is 9.36 Å². The second-order valence-corrected chi connectivity index (χ2v) is 6.17. The van der Waals surface area contributed by atoms with Gasteiger partial charge in [0.2, 0.25) is 0 Å². The summed E-state index contributed by atoms with van der Waals surface area (Å²) in [7, 11) is 0. The standard InChI is InChI=1S/C20H20N2O4/c1-13-7-5-9-15(14(13)2)19(24)26-12-6-11-22-18(23)16-8-3-4-10-17(16)21-20(22)25/h3-5,7-10H,6,11-12H2,1-2H3,(H,21,25). The molecule has 2 aromatic carbocycles. The van der Waals surface area contributed by atoms with Gasteiger partial charge in [-0.25, -0.2) is 9.59 Å². The molecule has 26 heavy (non-hydrogen) atoms. The minimum absolute atomic E-state index is 0.130. The van der Waals surface area contributed by atoms with Crippen molar-refractivity contribution < 1.29 is 9.53 Å². The molecular formula is C20H20N2O4. The van der Waals surface area contributed by atoms with E-state index in [9.17, 15) is 14.4 Å². The summed E-state index contributed by atoms with van der Waals surface area (Å²) in [6.45, 7) is 4.12. The maximum Gasteiger partial charge on any atom is 0.338 e. The van der Waals surface area contributed by atoms with Crippen LogP contribution >= 0.6 is 0 Å². The molecule has 0 fully saturated rings. The van der Waals surface area contributed by atoms with E-state index in [2.05, 4.69) is 4.98 Å². The summed E-state index contributed by atoms with van der Waals surface area (Å²) in [5.74, 6) is -0.397. The number of H-pyrrole nitrogens is 1. The van der Waals surface area contributed by atoms with Gasteiger partial charge in [0.05, 0.1) is 23.1 Å². The molecular weight excluding hydrogens is 332 g/mol. The van der Waals surface area contributed by atoms with Crippen LogP contribution in [-0.4, -0.2) is 22.1 Å². The van der Waals surface area contributed by atoms with Crippen LogP contribution in [0.25, 0.3) is 10.9 Å². The zero-order valence-corrected chi connectivity index (χ0v) is 14.7. The second-order valence-electron chi connectivity index (χ2n) is 6.17. The number of ether oxygens (including phenoxy) is 1. The van der Waals surface area contributed by atoms with Gasteiger partial charge >= 0.3 is 11.7 Å². The molecule has 0 radical (unpaired) electrons. The Labute approximate surface area is 150 Å². The molecule has 0 aliphatic carbocycles. The number of aryl methyl sites for hydroxylation is 1. The molecule has 0 amide bonds. The van der Waals surface area contributed by atoms with E-state index in [-0.39, 0.29) is 18.7 Å². The normalized spacial score (nSPS) is 10.8. The Morgan fingerprint density at radius 1 is 1.08 bits per heavy atom. The number of nitrogens with zero attached hydrogens (tertiary/aromatic N) is 1. The van der Waals surface area contributed by atoms with Crippen molar-refractivity contribution in [1.82, 2.24) is 9.55 Å². The van der Waals surface area contributed by atoms with Gasteiger partial charge in [-0.05, 0) is 49.6 Å². The van der Waals surface area contributed by atoms with Gasteiger partial charge in [0.15, 0.2) is 0 Å². The van der Waals surface area contributed by atoms with Gasteiger partial charge in [0.1, 0.15) is 0 Å². The highest BCUT2D eigenvalue weighted by Crippen LogP contribution is 2.13. The van der Waals surface area contributed by atoms with Gasteiger partial charge in [0, 0.05) is 6.54 Å². The van der Waals surface area contributed by atoms with Crippen molar-refractivity contribution in [2.45, 2.75) is 26.8 Å². The highest BCUT2D eigenvalue weighted by molar-refractivity contribution is 5.91. The fourth-order valence-electron chi connectivity index (χ4n) is 2.84. The molecule has 1 N–H and O–H groups in total. The molecule has 0 aliphatic heterocycles. The molecule has 0 saturated heterocycles. The Balaban J connectivity index is 1.66. The molecule has 0 bridgehead atoms. The smallest absolute Gasteiger partial charge is 0.338 e. The van der Waals surface area contributed by atoms with Gasteiger partial charge in [-0.1, -0.05) is 24.3 Å². The summed E-state index contributed by atoms with van der Waals surface area (Å²) in [5, 5.41) is 0.458. The van der Waals surface area contributed by atoms with Crippen LogP contribution < -0.4 is 11.2 Å². The van der Waals surface area contributed by atoms with Gasteiger partial charge in [-0.15, -0.1) is 0 Å². The van der Waals surface area contributed by atoms with Crippen LogP contribution in [0, 0.1) is 13.8 Å². The molecule has 134 valence electrons. The number of carbonyl (C=O) groups excluding carboxylic acids is 1. The molecule has 6 heteroatoms.